The van der Waals surface area contributed by atoms with Gasteiger partial charge in [0.15, 0.2) is 29.2 Å². The van der Waals surface area contributed by atoms with Crippen LogP contribution < -0.4 is 45.1 Å². The fourth-order valence-corrected chi connectivity index (χ4v) is 10.9. The third kappa shape index (κ3) is 16.2. The number of imide groups is 1. The van der Waals surface area contributed by atoms with Crippen LogP contribution in [0.1, 0.15) is 132 Å². The molecule has 0 fully saturated rings. The van der Waals surface area contributed by atoms with Gasteiger partial charge in [0.05, 0.1) is 62.0 Å². The molecular weight excluding hydrogens is 1170 g/mol. The molecule has 26 nitrogen and oxygen atoms in total. The molecular formula is C64H77N9O17. The van der Waals surface area contributed by atoms with Crippen LogP contribution in [-0.2, 0) is 44.9 Å². The number of aliphatic carboxylic acids is 1. The summed E-state index contributed by atoms with van der Waals surface area (Å²) in [6.07, 6.45) is 8.74. The van der Waals surface area contributed by atoms with Crippen LogP contribution in [0.25, 0.3) is 0 Å². The molecule has 0 saturated carbocycles. The second-order valence-electron chi connectivity index (χ2n) is 23.0. The number of carbonyl (C=O) groups excluding carboxylic acids is 9. The smallest absolute Gasteiger partial charge is 0.416 e. The SMILES string of the molecule is COc1cc2c(cc1OCCCCCOc1cc3c(cc1OC)C(=O)N1C=C(C)C[C@H]1[C@H](O)N3C(=O)OCc1ccc(NC(=O)[C@H](C)NC(=O)[C@@H](NC(=O)CC[C@H](NC(=O)CCCCCN3C(=O)C=CC3=O)C(=O)O)C(C)C)cc1)N=C[C@@H]1CC(C)=CN1C2=O. The van der Waals surface area contributed by atoms with Crippen LogP contribution in [0.3, 0.4) is 0 Å². The zero-order valence-electron chi connectivity index (χ0n) is 51.4. The van der Waals surface area contributed by atoms with Crippen molar-refractivity contribution in [2.24, 2.45) is 10.9 Å². The summed E-state index contributed by atoms with van der Waals surface area (Å²) in [6, 6.07) is 8.04. The summed E-state index contributed by atoms with van der Waals surface area (Å²) >= 11 is 0. The Balaban J connectivity index is 0.804. The van der Waals surface area contributed by atoms with E-state index >= 15 is 0 Å². The quantitative estimate of drug-likeness (QED) is 0.0334. The lowest BCUT2D eigenvalue weighted by atomic mass is 10.0. The highest BCUT2D eigenvalue weighted by Crippen LogP contribution is 2.43. The number of aliphatic hydroxyl groups excluding tert-OH is 1. The molecule has 90 heavy (non-hydrogen) atoms. The van der Waals surface area contributed by atoms with E-state index in [1.165, 1.54) is 50.3 Å². The average Bonchev–Trinajstić information content (AvgIpc) is 1.67. The number of hydrogen-bond donors (Lipinski definition) is 6. The first-order valence-electron chi connectivity index (χ1n) is 30.0. The van der Waals surface area contributed by atoms with E-state index in [4.69, 9.17) is 23.7 Å². The van der Waals surface area contributed by atoms with Gasteiger partial charge in [0.25, 0.3) is 23.6 Å². The normalized spacial score (nSPS) is 18.3. The van der Waals surface area contributed by atoms with Crippen LogP contribution in [0.4, 0.5) is 21.9 Å². The van der Waals surface area contributed by atoms with Crippen molar-refractivity contribution in [3.63, 3.8) is 0 Å². The highest BCUT2D eigenvalue weighted by molar-refractivity contribution is 6.13. The highest BCUT2D eigenvalue weighted by Gasteiger charge is 2.45. The van der Waals surface area contributed by atoms with Crippen LogP contribution in [0.5, 0.6) is 23.0 Å². The Kier molecular flexibility index (Phi) is 22.2. The highest BCUT2D eigenvalue weighted by atomic mass is 16.6. The minimum absolute atomic E-state index is 0.0123. The number of carboxylic acid groups (broad SMARTS) is 1. The number of rotatable bonds is 29. The zero-order valence-corrected chi connectivity index (χ0v) is 51.4. The second-order valence-corrected chi connectivity index (χ2v) is 23.0. The maximum atomic E-state index is 14.2. The Labute approximate surface area is 520 Å². The molecule has 8 rings (SSSR count). The number of ether oxygens (including phenoxy) is 5. The number of amides is 9. The maximum absolute atomic E-state index is 14.2. The van der Waals surface area contributed by atoms with E-state index in [0.29, 0.717) is 79.1 Å². The number of methoxy groups -OCH3 is 2. The van der Waals surface area contributed by atoms with Gasteiger partial charge in [-0.05, 0) is 108 Å². The number of benzene rings is 3. The van der Waals surface area contributed by atoms with E-state index in [2.05, 4.69) is 26.3 Å². The van der Waals surface area contributed by atoms with Crippen molar-refractivity contribution in [1.82, 2.24) is 30.7 Å². The molecule has 480 valence electrons. The number of anilines is 2. The summed E-state index contributed by atoms with van der Waals surface area (Å²) in [5.74, 6) is -4.41. The van der Waals surface area contributed by atoms with E-state index in [9.17, 15) is 58.2 Å². The molecule has 0 aliphatic carbocycles. The molecule has 3 aromatic rings. The van der Waals surface area contributed by atoms with Gasteiger partial charge in [-0.15, -0.1) is 0 Å². The molecule has 26 heteroatoms. The number of nitrogens with one attached hydrogen (secondary N) is 4. The van der Waals surface area contributed by atoms with Crippen LogP contribution in [0.15, 0.2) is 89.2 Å². The van der Waals surface area contributed by atoms with Crippen molar-refractivity contribution in [3.8, 4) is 23.0 Å². The molecule has 5 aliphatic rings. The van der Waals surface area contributed by atoms with Crippen molar-refractivity contribution in [1.29, 1.82) is 0 Å². The topological polar surface area (TPSA) is 331 Å². The average molecular weight is 1240 g/mol. The van der Waals surface area contributed by atoms with Crippen LogP contribution in [0.2, 0.25) is 0 Å². The van der Waals surface area contributed by atoms with Gasteiger partial charge in [-0.2, -0.15) is 0 Å². The molecule has 0 spiro atoms. The third-order valence-electron chi connectivity index (χ3n) is 15.8. The summed E-state index contributed by atoms with van der Waals surface area (Å²) in [5, 5.41) is 32.0. The molecule has 0 unspecified atom stereocenters. The Morgan fingerprint density at radius 2 is 1.30 bits per heavy atom. The third-order valence-corrected chi connectivity index (χ3v) is 15.8. The fourth-order valence-electron chi connectivity index (χ4n) is 10.9. The zero-order chi connectivity index (χ0) is 64.9. The van der Waals surface area contributed by atoms with Gasteiger partial charge in [-0.1, -0.05) is 43.5 Å². The molecule has 0 saturated heterocycles. The number of aliphatic imine (C=N–C) groups is 1. The summed E-state index contributed by atoms with van der Waals surface area (Å²) in [7, 11) is 2.94. The van der Waals surface area contributed by atoms with Crippen molar-refractivity contribution in [2.45, 2.75) is 148 Å². The predicted octanol–water partition coefficient (Wildman–Crippen LogP) is 6.18. The number of carboxylic acids is 1. The summed E-state index contributed by atoms with van der Waals surface area (Å²) < 4.78 is 29.4. The predicted molar refractivity (Wildman–Crippen MR) is 327 cm³/mol. The van der Waals surface area contributed by atoms with E-state index in [-0.39, 0.29) is 80.1 Å². The standard InChI is InChI=1S/C64H77N9O17/c1-36(2)57(69-54(75)20-19-45(63(83)84)68-53(74)14-10-8-11-23-70-55(76)21-22-56(70)77)59(79)66-39(5)58(78)67-41-17-15-40(16-18-41)35-90-64(85)73-47-31-52(50(87-7)29-44(47)61(81)72-34-38(4)27-48(72)62(73)82)89-25-13-9-12-24-88-51-30-46-43(28-49(51)86-6)60(80)71-33-37(3)26-42(71)32-65-46/h15-18,21-22,28-34,36,39,42,45,48,57,62,82H,8-14,19-20,23-27,35H2,1-7H3,(H,66,79)(H,67,78)(H,68,74)(H,69,75)(H,83,84)/t39-,42-,45-,48-,57-,62-/m0/s1. The summed E-state index contributed by atoms with van der Waals surface area (Å²) in [4.78, 5) is 139. The number of aliphatic hydroxyl groups is 1. The van der Waals surface area contributed by atoms with E-state index in [0.717, 1.165) is 27.4 Å². The molecule has 9 amide bonds. The van der Waals surface area contributed by atoms with Gasteiger partial charge in [-0.25, -0.2) is 14.5 Å². The minimum Gasteiger partial charge on any atom is -0.493 e. The largest absolute Gasteiger partial charge is 0.493 e. The van der Waals surface area contributed by atoms with Gasteiger partial charge >= 0.3 is 12.1 Å². The van der Waals surface area contributed by atoms with Crippen molar-refractivity contribution in [2.75, 3.05) is 44.2 Å². The van der Waals surface area contributed by atoms with E-state index < -0.39 is 89.7 Å². The minimum atomic E-state index is -1.55. The Morgan fingerprint density at radius 3 is 1.96 bits per heavy atom. The van der Waals surface area contributed by atoms with E-state index in [1.54, 1.807) is 67.6 Å². The first-order valence-corrected chi connectivity index (χ1v) is 30.0. The maximum Gasteiger partial charge on any atom is 0.416 e. The van der Waals surface area contributed by atoms with Gasteiger partial charge in [0.1, 0.15) is 24.7 Å². The van der Waals surface area contributed by atoms with Gasteiger partial charge < -0.3 is 65.0 Å². The summed E-state index contributed by atoms with van der Waals surface area (Å²) in [5.41, 5.74) is 3.76. The van der Waals surface area contributed by atoms with Gasteiger partial charge in [-0.3, -0.25) is 48.2 Å². The molecule has 5 heterocycles. The van der Waals surface area contributed by atoms with Crippen LogP contribution >= 0.6 is 0 Å². The first-order chi connectivity index (χ1) is 43.0. The Hall–Kier alpha value is -9.59. The van der Waals surface area contributed by atoms with Crippen molar-refractivity contribution in [3.05, 3.63) is 101 Å². The Morgan fingerprint density at radius 1 is 0.689 bits per heavy atom. The van der Waals surface area contributed by atoms with E-state index in [1.807, 2.05) is 20.0 Å². The van der Waals surface area contributed by atoms with Gasteiger partial charge in [0, 0.05) is 68.0 Å². The summed E-state index contributed by atoms with van der Waals surface area (Å²) in [6.45, 7) is 9.06. The molecule has 3 aromatic carbocycles. The lowest BCUT2D eigenvalue weighted by molar-refractivity contribution is -0.142. The monoisotopic (exact) mass is 1240 g/mol. The molecule has 5 aliphatic heterocycles. The number of nitrogens with zero attached hydrogens (tertiary/aromatic N) is 5. The number of unbranched alkanes of at least 4 members (excludes halogenated alkanes) is 4. The molecule has 6 atom stereocenters. The number of hydrogen-bond acceptors (Lipinski definition) is 17. The second kappa shape index (κ2) is 30.1. The molecule has 0 bridgehead atoms. The molecule has 0 radical (unpaired) electrons. The van der Waals surface area contributed by atoms with Crippen molar-refractivity contribution >= 4 is 82.6 Å². The fraction of sp³-hybridized carbons (Fsp3) is 0.453. The Bertz CT molecular complexity index is 3380. The number of carbonyl (C=O) groups is 10. The molecule has 6 N–H and O–H groups in total. The lowest BCUT2D eigenvalue weighted by Crippen LogP contribution is -2.53. The first kappa shape index (κ1) is 66.4. The molecule has 0 aromatic heterocycles. The van der Waals surface area contributed by atoms with Gasteiger partial charge in [0.2, 0.25) is 23.6 Å². The van der Waals surface area contributed by atoms with Crippen molar-refractivity contribution < 1.29 is 81.8 Å². The van der Waals surface area contributed by atoms with Crippen LogP contribution in [-0.4, -0.2) is 161 Å². The lowest BCUT2D eigenvalue weighted by Gasteiger charge is -2.31. The number of fused-ring (bicyclic) bond motifs is 4. The van der Waals surface area contributed by atoms with Crippen LogP contribution in [0, 0.1) is 5.92 Å².